The van der Waals surface area contributed by atoms with Gasteiger partial charge < -0.3 is 10.3 Å². The van der Waals surface area contributed by atoms with E-state index < -0.39 is 5.69 Å². The first-order valence-electron chi connectivity index (χ1n) is 4.73. The Morgan fingerprint density at radius 2 is 2.27 bits per heavy atom. The molecular formula is C10H11N3O2. The van der Waals surface area contributed by atoms with Gasteiger partial charge in [-0.15, -0.1) is 6.42 Å². The van der Waals surface area contributed by atoms with Crippen LogP contribution in [0.1, 0.15) is 11.3 Å². The molecule has 0 amide bonds. The zero-order chi connectivity index (χ0) is 10.8. The van der Waals surface area contributed by atoms with Crippen molar-refractivity contribution in [3.05, 3.63) is 32.1 Å². The van der Waals surface area contributed by atoms with Crippen molar-refractivity contribution >= 4 is 0 Å². The monoisotopic (exact) mass is 205 g/mol. The first kappa shape index (κ1) is 9.74. The fourth-order valence-electron chi connectivity index (χ4n) is 1.71. The summed E-state index contributed by atoms with van der Waals surface area (Å²) in [6, 6.07) is 0. The third-order valence-electron chi connectivity index (χ3n) is 2.47. The zero-order valence-corrected chi connectivity index (χ0v) is 8.17. The van der Waals surface area contributed by atoms with Crippen LogP contribution in [-0.2, 0) is 19.5 Å². The molecule has 0 unspecified atom stereocenters. The number of hydrogen-bond donors (Lipinski definition) is 2. The van der Waals surface area contributed by atoms with Crippen molar-refractivity contribution in [1.82, 2.24) is 14.9 Å². The number of rotatable bonds is 1. The summed E-state index contributed by atoms with van der Waals surface area (Å²) in [7, 11) is 0. The highest BCUT2D eigenvalue weighted by Crippen LogP contribution is 2.03. The van der Waals surface area contributed by atoms with E-state index in [4.69, 9.17) is 6.42 Å². The van der Waals surface area contributed by atoms with Crippen LogP contribution in [0, 0.1) is 12.3 Å². The minimum absolute atomic E-state index is 0.0153. The summed E-state index contributed by atoms with van der Waals surface area (Å²) < 4.78 is 1.05. The average Bonchev–Trinajstić information content (AvgIpc) is 2.24. The van der Waals surface area contributed by atoms with Crippen LogP contribution in [-0.4, -0.2) is 16.1 Å². The maximum atomic E-state index is 11.8. The summed E-state index contributed by atoms with van der Waals surface area (Å²) >= 11 is 0. The van der Waals surface area contributed by atoms with Gasteiger partial charge in [-0.05, 0) is 0 Å². The third kappa shape index (κ3) is 1.60. The molecule has 0 aromatic carbocycles. The number of aromatic amines is 1. The van der Waals surface area contributed by atoms with E-state index in [0.717, 1.165) is 16.8 Å². The number of H-pyrrole nitrogens is 1. The quantitative estimate of drug-likeness (QED) is 0.567. The number of nitrogens with one attached hydrogen (secondary N) is 2. The van der Waals surface area contributed by atoms with Crippen molar-refractivity contribution in [1.29, 1.82) is 0 Å². The molecule has 0 saturated heterocycles. The lowest BCUT2D eigenvalue weighted by molar-refractivity contribution is 0.590. The summed E-state index contributed by atoms with van der Waals surface area (Å²) in [6.45, 7) is 1.29. The number of nitrogens with zero attached hydrogens (tertiary/aromatic N) is 1. The maximum Gasteiger partial charge on any atom is 0.329 e. The molecule has 1 aromatic rings. The Bertz CT molecular complexity index is 533. The van der Waals surface area contributed by atoms with Crippen LogP contribution in [0.2, 0.25) is 0 Å². The number of terminal acetylenes is 1. The molecule has 15 heavy (non-hydrogen) atoms. The lowest BCUT2D eigenvalue weighted by Gasteiger charge is -2.16. The van der Waals surface area contributed by atoms with E-state index in [9.17, 15) is 9.59 Å². The molecule has 0 bridgehead atoms. The van der Waals surface area contributed by atoms with E-state index in [0.29, 0.717) is 18.5 Å². The molecule has 1 aromatic heterocycles. The van der Waals surface area contributed by atoms with E-state index in [-0.39, 0.29) is 12.1 Å². The lowest BCUT2D eigenvalue weighted by Crippen LogP contribution is -2.42. The average molecular weight is 205 g/mol. The van der Waals surface area contributed by atoms with Crippen molar-refractivity contribution < 1.29 is 0 Å². The van der Waals surface area contributed by atoms with Gasteiger partial charge in [-0.1, -0.05) is 5.92 Å². The fraction of sp³-hybridized carbons (Fsp3) is 0.400. The van der Waals surface area contributed by atoms with Crippen LogP contribution < -0.4 is 16.6 Å². The standard InChI is InChI=1S/C10H11N3O2/c1-2-5-13-9(14)7-6-11-4-3-8(7)12-10(13)15/h1,11H,3-6H2,(H,12,15). The van der Waals surface area contributed by atoms with Gasteiger partial charge in [-0.25, -0.2) is 9.36 Å². The molecule has 2 N–H and O–H groups in total. The Morgan fingerprint density at radius 3 is 3.00 bits per heavy atom. The molecule has 1 aliphatic rings. The lowest BCUT2D eigenvalue weighted by atomic mass is 10.1. The SMILES string of the molecule is C#CCn1c(=O)[nH]c2c(c1=O)CNCC2. The number of hydrogen-bond acceptors (Lipinski definition) is 3. The Hall–Kier alpha value is -1.80. The second-order valence-electron chi connectivity index (χ2n) is 3.41. The summed E-state index contributed by atoms with van der Waals surface area (Å²) in [4.78, 5) is 26.0. The van der Waals surface area contributed by atoms with Gasteiger partial charge in [0.1, 0.15) is 0 Å². The van der Waals surface area contributed by atoms with E-state index in [2.05, 4.69) is 16.2 Å². The number of aromatic nitrogens is 2. The van der Waals surface area contributed by atoms with Crippen LogP contribution in [0.4, 0.5) is 0 Å². The fourth-order valence-corrected chi connectivity index (χ4v) is 1.71. The Labute approximate surface area is 86.1 Å². The van der Waals surface area contributed by atoms with Gasteiger partial charge >= 0.3 is 5.69 Å². The largest absolute Gasteiger partial charge is 0.329 e. The van der Waals surface area contributed by atoms with Crippen molar-refractivity contribution in [2.75, 3.05) is 6.54 Å². The van der Waals surface area contributed by atoms with Crippen molar-refractivity contribution in [3.8, 4) is 12.3 Å². The Morgan fingerprint density at radius 1 is 1.47 bits per heavy atom. The van der Waals surface area contributed by atoms with Gasteiger partial charge in [0, 0.05) is 25.2 Å². The normalized spacial score (nSPS) is 14.3. The first-order chi connectivity index (χ1) is 7.24. The summed E-state index contributed by atoms with van der Waals surface area (Å²) in [5.41, 5.74) is 0.658. The summed E-state index contributed by atoms with van der Waals surface area (Å²) in [5.74, 6) is 2.30. The van der Waals surface area contributed by atoms with E-state index in [1.165, 1.54) is 0 Å². The molecule has 0 spiro atoms. The van der Waals surface area contributed by atoms with E-state index in [1.54, 1.807) is 0 Å². The Balaban J connectivity index is 2.66. The predicted octanol–water partition coefficient (Wildman–Crippen LogP) is -1.18. The molecular weight excluding hydrogens is 194 g/mol. The van der Waals surface area contributed by atoms with E-state index in [1.807, 2.05) is 0 Å². The molecule has 5 nitrogen and oxygen atoms in total. The smallest absolute Gasteiger partial charge is 0.312 e. The molecule has 1 aliphatic heterocycles. The minimum Gasteiger partial charge on any atom is -0.312 e. The van der Waals surface area contributed by atoms with Crippen LogP contribution in [0.5, 0.6) is 0 Å². The highest BCUT2D eigenvalue weighted by Gasteiger charge is 2.15. The van der Waals surface area contributed by atoms with Crippen molar-refractivity contribution in [3.63, 3.8) is 0 Å². The van der Waals surface area contributed by atoms with Crippen LogP contribution in [0.15, 0.2) is 9.59 Å². The van der Waals surface area contributed by atoms with Gasteiger partial charge in [0.15, 0.2) is 0 Å². The predicted molar refractivity (Wildman–Crippen MR) is 55.6 cm³/mol. The van der Waals surface area contributed by atoms with Gasteiger partial charge in [0.2, 0.25) is 0 Å². The van der Waals surface area contributed by atoms with Crippen LogP contribution >= 0.6 is 0 Å². The van der Waals surface area contributed by atoms with Crippen molar-refractivity contribution in [2.45, 2.75) is 19.5 Å². The molecule has 0 atom stereocenters. The van der Waals surface area contributed by atoms with Crippen molar-refractivity contribution in [2.24, 2.45) is 0 Å². The molecule has 78 valence electrons. The van der Waals surface area contributed by atoms with Crippen LogP contribution in [0.25, 0.3) is 0 Å². The molecule has 5 heteroatoms. The summed E-state index contributed by atoms with van der Waals surface area (Å²) in [5, 5.41) is 3.08. The van der Waals surface area contributed by atoms with Gasteiger partial charge in [-0.2, -0.15) is 0 Å². The molecule has 0 aliphatic carbocycles. The molecule has 2 heterocycles. The van der Waals surface area contributed by atoms with Gasteiger partial charge in [-0.3, -0.25) is 4.79 Å². The first-order valence-corrected chi connectivity index (χ1v) is 4.73. The highest BCUT2D eigenvalue weighted by molar-refractivity contribution is 5.19. The van der Waals surface area contributed by atoms with Gasteiger partial charge in [0.05, 0.1) is 12.1 Å². The molecule has 0 saturated carbocycles. The molecule has 0 fully saturated rings. The van der Waals surface area contributed by atoms with Gasteiger partial charge in [0.25, 0.3) is 5.56 Å². The third-order valence-corrected chi connectivity index (χ3v) is 2.47. The second-order valence-corrected chi connectivity index (χ2v) is 3.41. The zero-order valence-electron chi connectivity index (χ0n) is 8.17. The molecule has 0 radical (unpaired) electrons. The highest BCUT2D eigenvalue weighted by atomic mass is 16.2. The topological polar surface area (TPSA) is 66.9 Å². The van der Waals surface area contributed by atoms with Crippen LogP contribution in [0.3, 0.4) is 0 Å². The maximum absolute atomic E-state index is 11.8. The number of fused-ring (bicyclic) bond motifs is 1. The minimum atomic E-state index is -0.418. The Kier molecular flexibility index (Phi) is 2.44. The summed E-state index contributed by atoms with van der Waals surface area (Å²) in [6.07, 6.45) is 5.77. The second kappa shape index (κ2) is 3.75. The molecule has 2 rings (SSSR count). The van der Waals surface area contributed by atoms with E-state index >= 15 is 0 Å².